The summed E-state index contributed by atoms with van der Waals surface area (Å²) in [5.41, 5.74) is 3.50. The third-order valence-corrected chi connectivity index (χ3v) is 4.47. The van der Waals surface area contributed by atoms with Crippen molar-refractivity contribution < 1.29 is 9.59 Å². The number of aryl methyl sites for hydroxylation is 2. The van der Waals surface area contributed by atoms with Gasteiger partial charge in [-0.15, -0.1) is 0 Å². The zero-order valence-corrected chi connectivity index (χ0v) is 15.6. The highest BCUT2D eigenvalue weighted by molar-refractivity contribution is 5.76. The molecule has 1 saturated heterocycles. The molecule has 138 valence electrons. The fraction of sp³-hybridized carbons (Fsp3) is 0.579. The van der Waals surface area contributed by atoms with Crippen LogP contribution in [0.2, 0.25) is 0 Å². The van der Waals surface area contributed by atoms with E-state index in [0.717, 1.165) is 38.4 Å². The lowest BCUT2D eigenvalue weighted by atomic mass is 10.1. The predicted octanol–water partition coefficient (Wildman–Crippen LogP) is 1.39. The molecule has 1 aliphatic heterocycles. The lowest BCUT2D eigenvalue weighted by Crippen LogP contribution is -2.49. The van der Waals surface area contributed by atoms with Gasteiger partial charge in [0.05, 0.1) is 0 Å². The molecule has 1 aliphatic rings. The molecule has 2 rings (SSSR count). The van der Waals surface area contributed by atoms with Crippen molar-refractivity contribution in [1.29, 1.82) is 0 Å². The lowest BCUT2D eigenvalue weighted by molar-refractivity contribution is -0.130. The van der Waals surface area contributed by atoms with Gasteiger partial charge in [-0.3, -0.25) is 14.5 Å². The van der Waals surface area contributed by atoms with E-state index in [-0.39, 0.29) is 11.8 Å². The molecule has 0 unspecified atom stereocenters. The van der Waals surface area contributed by atoms with Crippen molar-refractivity contribution in [3.8, 4) is 0 Å². The normalized spacial score (nSPS) is 15.1. The fourth-order valence-corrected chi connectivity index (χ4v) is 3.13. The third kappa shape index (κ3) is 6.74. The van der Waals surface area contributed by atoms with Crippen LogP contribution in [0.15, 0.2) is 18.2 Å². The van der Waals surface area contributed by atoms with Crippen LogP contribution in [0.4, 0.5) is 5.69 Å². The maximum absolute atomic E-state index is 11.9. The van der Waals surface area contributed by atoms with E-state index in [0.29, 0.717) is 19.5 Å². The van der Waals surface area contributed by atoms with Crippen molar-refractivity contribution in [1.82, 2.24) is 15.1 Å². The van der Waals surface area contributed by atoms with Crippen LogP contribution in [0.5, 0.6) is 0 Å². The number of nitrogens with zero attached hydrogens (tertiary/aromatic N) is 2. The van der Waals surface area contributed by atoms with Gasteiger partial charge in [-0.05, 0) is 37.1 Å². The number of piperazine rings is 1. The van der Waals surface area contributed by atoms with Gasteiger partial charge in [0.1, 0.15) is 0 Å². The number of hydrogen-bond acceptors (Lipinski definition) is 4. The summed E-state index contributed by atoms with van der Waals surface area (Å²) >= 11 is 0. The Bertz CT molecular complexity index is 575. The van der Waals surface area contributed by atoms with E-state index in [2.05, 4.69) is 47.6 Å². The van der Waals surface area contributed by atoms with E-state index < -0.39 is 0 Å². The summed E-state index contributed by atoms with van der Waals surface area (Å²) in [6.45, 7) is 11.2. The van der Waals surface area contributed by atoms with Gasteiger partial charge in [-0.2, -0.15) is 0 Å². The number of benzene rings is 1. The second-order valence-electron chi connectivity index (χ2n) is 6.75. The molecule has 1 aromatic carbocycles. The largest absolute Gasteiger partial charge is 0.385 e. The molecule has 25 heavy (non-hydrogen) atoms. The van der Waals surface area contributed by atoms with E-state index in [1.165, 1.54) is 11.1 Å². The Morgan fingerprint density at radius 3 is 2.24 bits per heavy atom. The summed E-state index contributed by atoms with van der Waals surface area (Å²) in [5.74, 6) is 0.212. The van der Waals surface area contributed by atoms with Crippen LogP contribution in [0.1, 0.15) is 24.5 Å². The van der Waals surface area contributed by atoms with Crippen LogP contribution in [0.3, 0.4) is 0 Å². The molecule has 0 saturated carbocycles. The van der Waals surface area contributed by atoms with Crippen LogP contribution in [0, 0.1) is 13.8 Å². The Morgan fingerprint density at radius 2 is 1.64 bits per heavy atom. The molecule has 0 spiro atoms. The Labute approximate surface area is 150 Å². The summed E-state index contributed by atoms with van der Waals surface area (Å²) in [5, 5.41) is 6.28. The van der Waals surface area contributed by atoms with Gasteiger partial charge in [0.2, 0.25) is 11.8 Å². The van der Waals surface area contributed by atoms with E-state index >= 15 is 0 Å². The fourth-order valence-electron chi connectivity index (χ4n) is 3.13. The van der Waals surface area contributed by atoms with Crippen molar-refractivity contribution in [2.45, 2.75) is 27.2 Å². The smallest absolute Gasteiger partial charge is 0.221 e. The number of hydrogen-bond donors (Lipinski definition) is 2. The Kier molecular flexibility index (Phi) is 7.25. The van der Waals surface area contributed by atoms with E-state index in [1.807, 2.05) is 4.90 Å². The minimum atomic E-state index is 0.0687. The molecule has 0 aromatic heterocycles. The summed E-state index contributed by atoms with van der Waals surface area (Å²) in [6, 6.07) is 6.31. The molecule has 6 nitrogen and oxygen atoms in total. The topological polar surface area (TPSA) is 64.7 Å². The average molecular weight is 346 g/mol. The zero-order valence-electron chi connectivity index (χ0n) is 15.6. The van der Waals surface area contributed by atoms with Crippen LogP contribution in [-0.2, 0) is 9.59 Å². The summed E-state index contributed by atoms with van der Waals surface area (Å²) in [7, 11) is 0. The summed E-state index contributed by atoms with van der Waals surface area (Å²) in [4.78, 5) is 27.4. The number of amides is 2. The van der Waals surface area contributed by atoms with Gasteiger partial charge in [-0.25, -0.2) is 0 Å². The Hall–Kier alpha value is -2.08. The van der Waals surface area contributed by atoms with Gasteiger partial charge in [0, 0.05) is 64.8 Å². The predicted molar refractivity (Wildman–Crippen MR) is 101 cm³/mol. The zero-order chi connectivity index (χ0) is 18.2. The highest BCUT2D eigenvalue weighted by atomic mass is 16.2. The Morgan fingerprint density at radius 1 is 1.00 bits per heavy atom. The van der Waals surface area contributed by atoms with Crippen LogP contribution in [-0.4, -0.2) is 67.4 Å². The SMILES string of the molecule is CC(=O)N1CCN(CCNC(=O)CCNc2cc(C)cc(C)c2)CC1. The van der Waals surface area contributed by atoms with Gasteiger partial charge in [-0.1, -0.05) is 6.07 Å². The molecule has 0 bridgehead atoms. The van der Waals surface area contributed by atoms with Gasteiger partial charge >= 0.3 is 0 Å². The molecular weight excluding hydrogens is 316 g/mol. The minimum Gasteiger partial charge on any atom is -0.385 e. The van der Waals surface area contributed by atoms with E-state index in [9.17, 15) is 9.59 Å². The van der Waals surface area contributed by atoms with Crippen molar-refractivity contribution >= 4 is 17.5 Å². The molecular formula is C19H30N4O2. The number of rotatable bonds is 7. The quantitative estimate of drug-likeness (QED) is 0.783. The first-order valence-electron chi connectivity index (χ1n) is 9.01. The monoisotopic (exact) mass is 346 g/mol. The van der Waals surface area contributed by atoms with Crippen molar-refractivity contribution in [3.63, 3.8) is 0 Å². The number of nitrogens with one attached hydrogen (secondary N) is 2. The molecule has 1 aromatic rings. The molecule has 0 atom stereocenters. The van der Waals surface area contributed by atoms with Gasteiger partial charge in [0.25, 0.3) is 0 Å². The second kappa shape index (κ2) is 9.42. The van der Waals surface area contributed by atoms with Gasteiger partial charge in [0.15, 0.2) is 0 Å². The third-order valence-electron chi connectivity index (χ3n) is 4.47. The van der Waals surface area contributed by atoms with Crippen molar-refractivity contribution in [2.24, 2.45) is 0 Å². The highest BCUT2D eigenvalue weighted by Gasteiger charge is 2.17. The maximum Gasteiger partial charge on any atom is 0.221 e. The molecule has 1 fully saturated rings. The van der Waals surface area contributed by atoms with E-state index in [4.69, 9.17) is 0 Å². The first-order valence-corrected chi connectivity index (χ1v) is 9.01. The first kappa shape index (κ1) is 19.2. The summed E-state index contributed by atoms with van der Waals surface area (Å²) < 4.78 is 0. The Balaban J connectivity index is 1.58. The van der Waals surface area contributed by atoms with Crippen LogP contribution >= 0.6 is 0 Å². The van der Waals surface area contributed by atoms with Crippen molar-refractivity contribution in [2.75, 3.05) is 51.1 Å². The van der Waals surface area contributed by atoms with Crippen LogP contribution in [0.25, 0.3) is 0 Å². The second-order valence-corrected chi connectivity index (χ2v) is 6.75. The van der Waals surface area contributed by atoms with E-state index in [1.54, 1.807) is 6.92 Å². The molecule has 1 heterocycles. The minimum absolute atomic E-state index is 0.0687. The summed E-state index contributed by atoms with van der Waals surface area (Å²) in [6.07, 6.45) is 0.463. The molecule has 0 aliphatic carbocycles. The van der Waals surface area contributed by atoms with Crippen molar-refractivity contribution in [3.05, 3.63) is 29.3 Å². The number of anilines is 1. The number of carbonyl (C=O) groups is 2. The van der Waals surface area contributed by atoms with Crippen LogP contribution < -0.4 is 10.6 Å². The molecule has 0 radical (unpaired) electrons. The maximum atomic E-state index is 11.9. The first-order chi connectivity index (χ1) is 11.9. The molecule has 2 N–H and O–H groups in total. The standard InChI is InChI=1S/C19H30N4O2/c1-15-12-16(2)14-18(13-15)20-5-4-19(25)21-6-7-22-8-10-23(11-9-22)17(3)24/h12-14,20H,4-11H2,1-3H3,(H,21,25). The molecule has 2 amide bonds. The van der Waals surface area contributed by atoms with Gasteiger partial charge < -0.3 is 15.5 Å². The molecule has 6 heteroatoms. The lowest BCUT2D eigenvalue weighted by Gasteiger charge is -2.34. The highest BCUT2D eigenvalue weighted by Crippen LogP contribution is 2.13. The average Bonchev–Trinajstić information content (AvgIpc) is 2.54. The number of carbonyl (C=O) groups excluding carboxylic acids is 2.